The molecule has 98 valence electrons. The summed E-state index contributed by atoms with van der Waals surface area (Å²) in [6.45, 7) is 4.10. The first kappa shape index (κ1) is 14.1. The molecule has 2 rings (SSSR count). The summed E-state index contributed by atoms with van der Waals surface area (Å²) in [4.78, 5) is 21.0. The molecule has 0 aliphatic heterocycles. The Balaban J connectivity index is 0.000000171. The van der Waals surface area contributed by atoms with Gasteiger partial charge in [-0.2, -0.15) is 0 Å². The van der Waals surface area contributed by atoms with Crippen molar-refractivity contribution in [3.05, 3.63) is 10.1 Å². The molecule has 2 fully saturated rings. The second-order valence-electron chi connectivity index (χ2n) is 5.74. The Bertz CT molecular complexity index is 280. The molecule has 2 aliphatic rings. The Hall–Kier alpha value is -0.930. The topological polar surface area (TPSA) is 60.2 Å². The minimum absolute atomic E-state index is 0.00174. The zero-order valence-electron chi connectivity index (χ0n) is 10.9. The van der Waals surface area contributed by atoms with Gasteiger partial charge in [0.15, 0.2) is 0 Å². The molecule has 0 bridgehead atoms. The van der Waals surface area contributed by atoms with E-state index in [0.29, 0.717) is 5.78 Å². The van der Waals surface area contributed by atoms with E-state index in [0.717, 1.165) is 44.9 Å². The maximum atomic E-state index is 11.1. The first-order chi connectivity index (χ1) is 7.93. The molecule has 0 aromatic rings. The first-order valence-corrected chi connectivity index (χ1v) is 6.60. The lowest BCUT2D eigenvalue weighted by atomic mass is 9.76. The molecule has 0 amide bonds. The number of rotatable bonds is 1. The summed E-state index contributed by atoms with van der Waals surface area (Å²) in [6, 6.07) is -0.213. The lowest BCUT2D eigenvalue weighted by Crippen LogP contribution is -2.27. The molecule has 0 atom stereocenters. The fourth-order valence-corrected chi connectivity index (χ4v) is 2.45. The third-order valence-corrected chi connectivity index (χ3v) is 3.83. The van der Waals surface area contributed by atoms with E-state index in [1.54, 1.807) is 0 Å². The average Bonchev–Trinajstić information content (AvgIpc) is 2.76. The molecule has 0 N–H and O–H groups in total. The Morgan fingerprint density at radius 2 is 1.76 bits per heavy atom. The monoisotopic (exact) mass is 241 g/mol. The van der Waals surface area contributed by atoms with E-state index in [2.05, 4.69) is 13.8 Å². The van der Waals surface area contributed by atoms with Crippen LogP contribution in [-0.4, -0.2) is 16.7 Å². The van der Waals surface area contributed by atoms with Gasteiger partial charge in [-0.1, -0.05) is 20.3 Å². The van der Waals surface area contributed by atoms with Gasteiger partial charge in [-0.15, -0.1) is 0 Å². The number of hydrogen-bond donors (Lipinski definition) is 0. The number of carbonyl (C=O) groups is 1. The molecular formula is C13H23NO3. The highest BCUT2D eigenvalue weighted by Crippen LogP contribution is 2.31. The molecule has 17 heavy (non-hydrogen) atoms. The number of nitro groups is 1. The lowest BCUT2D eigenvalue weighted by molar-refractivity contribution is -0.520. The molecular weight excluding hydrogens is 218 g/mol. The van der Waals surface area contributed by atoms with Crippen LogP contribution in [0.3, 0.4) is 0 Å². The van der Waals surface area contributed by atoms with Crippen molar-refractivity contribution in [2.24, 2.45) is 5.41 Å². The second-order valence-corrected chi connectivity index (χ2v) is 5.74. The largest absolute Gasteiger partial charge is 0.299 e. The van der Waals surface area contributed by atoms with Crippen LogP contribution >= 0.6 is 0 Å². The van der Waals surface area contributed by atoms with Crippen molar-refractivity contribution in [2.75, 3.05) is 0 Å². The SMILES string of the molecule is CC1(C)CCCCC1=O.O=[N+]([O-])C1CCCC1. The van der Waals surface area contributed by atoms with E-state index < -0.39 is 0 Å². The van der Waals surface area contributed by atoms with Crippen LogP contribution < -0.4 is 0 Å². The third-order valence-electron chi connectivity index (χ3n) is 3.83. The van der Waals surface area contributed by atoms with Gasteiger partial charge in [-0.3, -0.25) is 14.9 Å². The number of ketones is 1. The fraction of sp³-hybridized carbons (Fsp3) is 0.923. The first-order valence-electron chi connectivity index (χ1n) is 6.60. The molecule has 0 aromatic carbocycles. The number of nitrogens with zero attached hydrogens (tertiary/aromatic N) is 1. The van der Waals surface area contributed by atoms with Crippen LogP contribution in [0.4, 0.5) is 0 Å². The van der Waals surface area contributed by atoms with Gasteiger partial charge in [0.1, 0.15) is 5.78 Å². The minimum Gasteiger partial charge on any atom is -0.299 e. The maximum Gasteiger partial charge on any atom is 0.213 e. The molecule has 0 spiro atoms. The van der Waals surface area contributed by atoms with Crippen LogP contribution in [0.2, 0.25) is 0 Å². The summed E-state index contributed by atoms with van der Waals surface area (Å²) in [7, 11) is 0. The summed E-state index contributed by atoms with van der Waals surface area (Å²) < 4.78 is 0. The Morgan fingerprint density at radius 1 is 1.18 bits per heavy atom. The van der Waals surface area contributed by atoms with Crippen LogP contribution in [0.15, 0.2) is 0 Å². The normalized spacial score (nSPS) is 24.0. The zero-order chi connectivity index (χ0) is 12.9. The molecule has 0 aromatic heterocycles. The molecule has 0 heterocycles. The van der Waals surface area contributed by atoms with Crippen molar-refractivity contribution in [3.8, 4) is 0 Å². The van der Waals surface area contributed by atoms with Crippen LogP contribution in [0, 0.1) is 15.5 Å². The van der Waals surface area contributed by atoms with E-state index >= 15 is 0 Å². The molecule has 4 nitrogen and oxygen atoms in total. The predicted octanol–water partition coefficient (Wildman–Crippen LogP) is 3.36. The van der Waals surface area contributed by atoms with Crippen molar-refractivity contribution in [1.82, 2.24) is 0 Å². The van der Waals surface area contributed by atoms with Gasteiger partial charge in [-0.25, -0.2) is 0 Å². The van der Waals surface area contributed by atoms with Crippen molar-refractivity contribution < 1.29 is 9.72 Å². The van der Waals surface area contributed by atoms with E-state index in [9.17, 15) is 14.9 Å². The molecule has 2 saturated carbocycles. The Kier molecular flexibility index (Phi) is 5.09. The highest BCUT2D eigenvalue weighted by Gasteiger charge is 2.29. The Labute approximate surface area is 103 Å². The van der Waals surface area contributed by atoms with Crippen molar-refractivity contribution >= 4 is 5.78 Å². The molecule has 4 heteroatoms. The van der Waals surface area contributed by atoms with Gasteiger partial charge in [0.25, 0.3) is 0 Å². The van der Waals surface area contributed by atoms with Crippen molar-refractivity contribution in [2.45, 2.75) is 71.3 Å². The van der Waals surface area contributed by atoms with Crippen molar-refractivity contribution in [1.29, 1.82) is 0 Å². The number of Topliss-reactive ketones (excluding diaryl/α,β-unsaturated/α-hetero) is 1. The second kappa shape index (κ2) is 6.12. The quantitative estimate of drug-likeness (QED) is 0.522. The summed E-state index contributed by atoms with van der Waals surface area (Å²) in [6.07, 6.45) is 7.94. The van der Waals surface area contributed by atoms with E-state index in [-0.39, 0.29) is 16.4 Å². The smallest absolute Gasteiger partial charge is 0.213 e. The summed E-state index contributed by atoms with van der Waals surface area (Å²) in [5, 5.41) is 10.0. The molecule has 0 radical (unpaired) electrons. The fourth-order valence-electron chi connectivity index (χ4n) is 2.45. The standard InChI is InChI=1S/C8H14O.C5H9NO2/c1-8(2)6-4-3-5-7(8)9;7-6(8)5-3-1-2-4-5/h3-6H2,1-2H3;5H,1-4H2. The predicted molar refractivity (Wildman–Crippen MR) is 66.5 cm³/mol. The van der Waals surface area contributed by atoms with Gasteiger partial charge in [0, 0.05) is 29.6 Å². The van der Waals surface area contributed by atoms with Crippen LogP contribution in [-0.2, 0) is 4.79 Å². The lowest BCUT2D eigenvalue weighted by Gasteiger charge is -2.27. The summed E-state index contributed by atoms with van der Waals surface area (Å²) in [5.74, 6) is 0.453. The zero-order valence-corrected chi connectivity index (χ0v) is 10.9. The Morgan fingerprint density at radius 3 is 2.06 bits per heavy atom. The minimum atomic E-state index is -0.213. The summed E-state index contributed by atoms with van der Waals surface area (Å²) in [5.41, 5.74) is -0.00174. The van der Waals surface area contributed by atoms with Gasteiger partial charge in [-0.05, 0) is 25.7 Å². The number of carbonyl (C=O) groups excluding carboxylic acids is 1. The van der Waals surface area contributed by atoms with Gasteiger partial charge >= 0.3 is 0 Å². The highest BCUT2D eigenvalue weighted by atomic mass is 16.6. The average molecular weight is 241 g/mol. The van der Waals surface area contributed by atoms with E-state index in [1.807, 2.05) is 0 Å². The van der Waals surface area contributed by atoms with E-state index in [1.165, 1.54) is 6.42 Å². The van der Waals surface area contributed by atoms with E-state index in [4.69, 9.17) is 0 Å². The van der Waals surface area contributed by atoms with Crippen LogP contribution in [0.25, 0.3) is 0 Å². The van der Waals surface area contributed by atoms with Gasteiger partial charge in [0.2, 0.25) is 6.04 Å². The molecule has 2 aliphatic carbocycles. The van der Waals surface area contributed by atoms with Crippen LogP contribution in [0.1, 0.15) is 65.2 Å². The van der Waals surface area contributed by atoms with Gasteiger partial charge < -0.3 is 0 Å². The molecule has 0 unspecified atom stereocenters. The summed E-state index contributed by atoms with van der Waals surface area (Å²) >= 11 is 0. The maximum absolute atomic E-state index is 11.1. The van der Waals surface area contributed by atoms with Gasteiger partial charge in [0.05, 0.1) is 0 Å². The van der Waals surface area contributed by atoms with Crippen LogP contribution in [0.5, 0.6) is 0 Å². The third kappa shape index (κ3) is 4.44. The molecule has 0 saturated heterocycles. The highest BCUT2D eigenvalue weighted by molar-refractivity contribution is 5.84. The number of hydrogen-bond acceptors (Lipinski definition) is 3. The van der Waals surface area contributed by atoms with Crippen molar-refractivity contribution in [3.63, 3.8) is 0 Å².